The van der Waals surface area contributed by atoms with Gasteiger partial charge in [-0.2, -0.15) is 0 Å². The Bertz CT molecular complexity index is 805. The summed E-state index contributed by atoms with van der Waals surface area (Å²) >= 11 is 1.74. The Balaban J connectivity index is 1.52. The van der Waals surface area contributed by atoms with Crippen LogP contribution in [0.1, 0.15) is 18.4 Å². The third-order valence-corrected chi connectivity index (χ3v) is 6.36. The van der Waals surface area contributed by atoms with Gasteiger partial charge in [0.2, 0.25) is 0 Å². The number of benzene rings is 2. The van der Waals surface area contributed by atoms with Crippen molar-refractivity contribution in [1.82, 2.24) is 10.6 Å². The van der Waals surface area contributed by atoms with E-state index >= 15 is 0 Å². The van der Waals surface area contributed by atoms with Crippen LogP contribution in [0.4, 0.5) is 0 Å². The second kappa shape index (κ2) is 10.3. The van der Waals surface area contributed by atoms with Crippen LogP contribution in [0.15, 0.2) is 59.5 Å². The lowest BCUT2D eigenvalue weighted by atomic mass is 9.99. The fourth-order valence-corrected chi connectivity index (χ4v) is 4.43. The summed E-state index contributed by atoms with van der Waals surface area (Å²) in [5, 5.41) is 5.48. The van der Waals surface area contributed by atoms with E-state index in [1.807, 2.05) is 42.5 Å². The number of nitrogens with one attached hydrogen (secondary N) is 2. The van der Waals surface area contributed by atoms with Crippen molar-refractivity contribution in [3.8, 4) is 5.75 Å². The van der Waals surface area contributed by atoms with Crippen molar-refractivity contribution < 1.29 is 19.1 Å². The summed E-state index contributed by atoms with van der Waals surface area (Å²) in [5.74, 6) is -0.499. The predicted molar refractivity (Wildman–Crippen MR) is 113 cm³/mol. The van der Waals surface area contributed by atoms with Crippen LogP contribution in [0.3, 0.4) is 0 Å². The third-order valence-electron chi connectivity index (χ3n) is 4.87. The summed E-state index contributed by atoms with van der Waals surface area (Å²) in [6.45, 7) is 2.01. The van der Waals surface area contributed by atoms with Crippen LogP contribution in [-0.2, 0) is 20.9 Å². The van der Waals surface area contributed by atoms with Crippen molar-refractivity contribution in [2.45, 2.75) is 29.0 Å². The van der Waals surface area contributed by atoms with Gasteiger partial charge in [0.15, 0.2) is 0 Å². The van der Waals surface area contributed by atoms with E-state index in [2.05, 4.69) is 22.8 Å². The molecule has 0 radical (unpaired) electrons. The maximum absolute atomic E-state index is 12.3. The van der Waals surface area contributed by atoms with Gasteiger partial charge in [-0.3, -0.25) is 9.59 Å². The number of carbonyl (C=O) groups excluding carboxylic acids is 2. The first-order chi connectivity index (χ1) is 14.1. The van der Waals surface area contributed by atoms with Crippen LogP contribution in [0.2, 0.25) is 0 Å². The van der Waals surface area contributed by atoms with Crippen molar-refractivity contribution in [1.29, 1.82) is 0 Å². The molecule has 0 unspecified atom stereocenters. The lowest BCUT2D eigenvalue weighted by Crippen LogP contribution is -2.48. The number of carbonyl (C=O) groups is 2. The minimum Gasteiger partial charge on any atom is -0.497 e. The Labute approximate surface area is 175 Å². The minimum absolute atomic E-state index is 0.175. The van der Waals surface area contributed by atoms with Gasteiger partial charge in [-0.1, -0.05) is 30.3 Å². The maximum atomic E-state index is 12.3. The monoisotopic (exact) mass is 414 g/mol. The zero-order chi connectivity index (χ0) is 20.5. The van der Waals surface area contributed by atoms with Crippen molar-refractivity contribution in [3.05, 3.63) is 60.2 Å². The zero-order valence-electron chi connectivity index (χ0n) is 16.5. The molecule has 1 aliphatic rings. The molecule has 3 rings (SSSR count). The summed E-state index contributed by atoms with van der Waals surface area (Å²) in [6.07, 6.45) is 1.64. The molecule has 0 bridgehead atoms. The van der Waals surface area contributed by atoms with E-state index in [4.69, 9.17) is 9.47 Å². The highest BCUT2D eigenvalue weighted by atomic mass is 32.2. The molecule has 1 saturated heterocycles. The van der Waals surface area contributed by atoms with E-state index < -0.39 is 11.8 Å². The number of hydrogen-bond acceptors (Lipinski definition) is 5. The van der Waals surface area contributed by atoms with Crippen LogP contribution >= 0.6 is 11.8 Å². The molecule has 2 aromatic rings. The second-order valence-corrected chi connectivity index (χ2v) is 8.47. The van der Waals surface area contributed by atoms with Gasteiger partial charge in [0.25, 0.3) is 0 Å². The van der Waals surface area contributed by atoms with E-state index in [-0.39, 0.29) is 11.3 Å². The fourth-order valence-electron chi connectivity index (χ4n) is 3.12. The zero-order valence-corrected chi connectivity index (χ0v) is 17.3. The van der Waals surface area contributed by atoms with Crippen molar-refractivity contribution in [3.63, 3.8) is 0 Å². The van der Waals surface area contributed by atoms with Crippen molar-refractivity contribution >= 4 is 23.6 Å². The molecule has 6 nitrogen and oxygen atoms in total. The molecule has 0 spiro atoms. The topological polar surface area (TPSA) is 76.7 Å². The summed E-state index contributed by atoms with van der Waals surface area (Å²) in [7, 11) is 1.60. The molecule has 0 aromatic heterocycles. The quantitative estimate of drug-likeness (QED) is 0.682. The van der Waals surface area contributed by atoms with Gasteiger partial charge in [0.1, 0.15) is 5.75 Å². The normalized spacial score (nSPS) is 15.3. The molecule has 1 aliphatic heterocycles. The number of methoxy groups -OCH3 is 1. The van der Waals surface area contributed by atoms with Crippen LogP contribution in [0, 0.1) is 0 Å². The molecule has 7 heteroatoms. The first-order valence-corrected chi connectivity index (χ1v) is 10.4. The molecule has 154 valence electrons. The summed E-state index contributed by atoms with van der Waals surface area (Å²) in [5.41, 5.74) is 0.896. The van der Waals surface area contributed by atoms with Crippen LogP contribution in [-0.4, -0.2) is 43.4 Å². The highest BCUT2D eigenvalue weighted by Gasteiger charge is 2.34. The Morgan fingerprint density at radius 1 is 1.00 bits per heavy atom. The molecule has 1 fully saturated rings. The average Bonchev–Trinajstić information content (AvgIpc) is 2.77. The maximum Gasteiger partial charge on any atom is 0.309 e. The average molecular weight is 415 g/mol. The Morgan fingerprint density at radius 3 is 2.31 bits per heavy atom. The van der Waals surface area contributed by atoms with Gasteiger partial charge in [0.05, 0.1) is 7.11 Å². The van der Waals surface area contributed by atoms with Gasteiger partial charge >= 0.3 is 11.8 Å². The number of ether oxygens (including phenoxy) is 2. The Morgan fingerprint density at radius 2 is 1.66 bits per heavy atom. The van der Waals surface area contributed by atoms with E-state index in [1.54, 1.807) is 18.9 Å². The fraction of sp³-hybridized carbons (Fsp3) is 0.364. The van der Waals surface area contributed by atoms with Gasteiger partial charge in [-0.15, -0.1) is 11.8 Å². The molecule has 2 amide bonds. The lowest BCUT2D eigenvalue weighted by molar-refractivity contribution is -0.139. The van der Waals surface area contributed by atoms with Gasteiger partial charge < -0.3 is 20.1 Å². The van der Waals surface area contributed by atoms with Crippen LogP contribution in [0.5, 0.6) is 5.75 Å². The van der Waals surface area contributed by atoms with Crippen molar-refractivity contribution in [2.24, 2.45) is 0 Å². The lowest BCUT2D eigenvalue weighted by Gasteiger charge is -2.36. The smallest absolute Gasteiger partial charge is 0.309 e. The first-order valence-electron chi connectivity index (χ1n) is 9.61. The Kier molecular flexibility index (Phi) is 7.55. The number of thioether (sulfide) groups is 1. The second-order valence-electron chi connectivity index (χ2n) is 6.92. The van der Waals surface area contributed by atoms with E-state index in [9.17, 15) is 9.59 Å². The van der Waals surface area contributed by atoms with Crippen molar-refractivity contribution in [2.75, 3.05) is 26.9 Å². The van der Waals surface area contributed by atoms with Crippen LogP contribution < -0.4 is 15.4 Å². The molecule has 0 aliphatic carbocycles. The summed E-state index contributed by atoms with van der Waals surface area (Å²) < 4.78 is 10.4. The molecule has 0 atom stereocenters. The standard InChI is InChI=1S/C22H26N2O4S/c1-27-18-9-7-17(8-10-18)15-23-20(25)21(26)24-16-22(11-13-28-14-12-22)29-19-5-3-2-4-6-19/h2-10H,11-16H2,1H3,(H,23,25)(H,24,26). The highest BCUT2D eigenvalue weighted by molar-refractivity contribution is 8.00. The van der Waals surface area contributed by atoms with E-state index in [1.165, 1.54) is 0 Å². The number of amides is 2. The Hall–Kier alpha value is -2.51. The van der Waals surface area contributed by atoms with E-state index in [0.29, 0.717) is 19.8 Å². The predicted octanol–water partition coefficient (Wildman–Crippen LogP) is 2.77. The molecule has 0 saturated carbocycles. The molecular weight excluding hydrogens is 388 g/mol. The molecule has 1 heterocycles. The number of hydrogen-bond donors (Lipinski definition) is 2. The minimum atomic E-state index is -0.632. The van der Waals surface area contributed by atoms with Gasteiger partial charge in [-0.05, 0) is 42.7 Å². The molecular formula is C22H26N2O4S. The molecule has 2 aromatic carbocycles. The van der Waals surface area contributed by atoms with E-state index in [0.717, 1.165) is 29.1 Å². The van der Waals surface area contributed by atoms with Gasteiger partial charge in [-0.25, -0.2) is 0 Å². The summed E-state index contributed by atoms with van der Waals surface area (Å²) in [4.78, 5) is 25.7. The third kappa shape index (κ3) is 6.24. The van der Waals surface area contributed by atoms with Gasteiger partial charge in [0, 0.05) is 35.9 Å². The van der Waals surface area contributed by atoms with Crippen LogP contribution in [0.25, 0.3) is 0 Å². The largest absolute Gasteiger partial charge is 0.497 e. The SMILES string of the molecule is COc1ccc(CNC(=O)C(=O)NCC2(Sc3ccccc3)CCOCC2)cc1. The molecule has 29 heavy (non-hydrogen) atoms. The highest BCUT2D eigenvalue weighted by Crippen LogP contribution is 2.40. The first kappa shape index (κ1) is 21.2. The number of rotatable bonds is 7. The summed E-state index contributed by atoms with van der Waals surface area (Å²) in [6, 6.07) is 17.4. The molecule has 2 N–H and O–H groups in total.